The molecule has 35 heavy (non-hydrogen) atoms. The van der Waals surface area contributed by atoms with Gasteiger partial charge >= 0.3 is 0 Å². The molecule has 2 saturated heterocycles. The average molecular weight is 474 g/mol. The first-order chi connectivity index (χ1) is 17.1. The molecule has 3 aliphatic heterocycles. The summed E-state index contributed by atoms with van der Waals surface area (Å²) in [6.07, 6.45) is 5.07. The van der Waals surface area contributed by atoms with Crippen molar-refractivity contribution in [2.75, 3.05) is 32.8 Å². The van der Waals surface area contributed by atoms with Gasteiger partial charge in [0.15, 0.2) is 0 Å². The number of ether oxygens (including phenoxy) is 1. The van der Waals surface area contributed by atoms with Gasteiger partial charge in [0, 0.05) is 51.3 Å². The number of carbonyl (C=O) groups excluding carboxylic acids is 2. The van der Waals surface area contributed by atoms with E-state index in [0.717, 1.165) is 11.1 Å². The van der Waals surface area contributed by atoms with Crippen LogP contribution in [0.5, 0.6) is 0 Å². The molecule has 1 aromatic carbocycles. The number of carbonyl (C=O) groups is 2. The van der Waals surface area contributed by atoms with Gasteiger partial charge in [0.25, 0.3) is 11.8 Å². The fourth-order valence-corrected chi connectivity index (χ4v) is 5.15. The molecular formula is C26H27N5O4. The van der Waals surface area contributed by atoms with Crippen LogP contribution in [0.4, 0.5) is 0 Å². The van der Waals surface area contributed by atoms with E-state index in [0.29, 0.717) is 63.3 Å². The highest BCUT2D eigenvalue weighted by atomic mass is 16.7. The SMILES string of the molecule is O=C(C1=NOC2(CCN(C(=O)c3cc4cccnn4c3)CC2)C1)N1CCOC(c2ccccc2)C1. The molecule has 0 saturated carbocycles. The second kappa shape index (κ2) is 8.81. The maximum atomic E-state index is 13.2. The molecule has 9 nitrogen and oxygen atoms in total. The number of aromatic nitrogens is 2. The molecule has 2 amide bonds. The second-order valence-electron chi connectivity index (χ2n) is 9.42. The maximum Gasteiger partial charge on any atom is 0.271 e. The molecular weight excluding hydrogens is 446 g/mol. The van der Waals surface area contributed by atoms with Crippen molar-refractivity contribution in [2.45, 2.75) is 31.0 Å². The van der Waals surface area contributed by atoms with Crippen LogP contribution in [-0.4, -0.2) is 75.3 Å². The normalized spacial score (nSPS) is 21.7. The van der Waals surface area contributed by atoms with Gasteiger partial charge in [-0.15, -0.1) is 0 Å². The highest BCUT2D eigenvalue weighted by molar-refractivity contribution is 6.39. The minimum atomic E-state index is -0.514. The van der Waals surface area contributed by atoms with Gasteiger partial charge in [-0.25, -0.2) is 4.52 Å². The number of morpholine rings is 1. The summed E-state index contributed by atoms with van der Waals surface area (Å²) in [4.78, 5) is 35.8. The standard InChI is InChI=1S/C26H27N5O4/c32-24(20-15-21-7-4-10-27-31(21)17-20)29-11-8-26(9-12-29)16-22(28-35-26)25(33)30-13-14-34-23(18-30)19-5-2-1-3-6-19/h1-7,10,15,17,23H,8-9,11-14,16,18H2. The van der Waals surface area contributed by atoms with Gasteiger partial charge in [-0.2, -0.15) is 5.10 Å². The Bertz CT molecular complexity index is 1250. The largest absolute Gasteiger partial charge is 0.388 e. The van der Waals surface area contributed by atoms with Gasteiger partial charge in [-0.1, -0.05) is 35.5 Å². The number of hydrogen-bond donors (Lipinski definition) is 0. The molecule has 0 N–H and O–H groups in total. The van der Waals surface area contributed by atoms with Crippen LogP contribution in [0.1, 0.15) is 41.3 Å². The summed E-state index contributed by atoms with van der Waals surface area (Å²) in [6.45, 7) is 2.65. The molecule has 1 atom stereocenters. The van der Waals surface area contributed by atoms with Crippen LogP contribution in [0.2, 0.25) is 0 Å². The molecule has 1 unspecified atom stereocenters. The Hall–Kier alpha value is -3.72. The third-order valence-corrected chi connectivity index (χ3v) is 7.19. The summed E-state index contributed by atoms with van der Waals surface area (Å²) in [5, 5.41) is 8.45. The number of hydrogen-bond acceptors (Lipinski definition) is 6. The van der Waals surface area contributed by atoms with E-state index < -0.39 is 5.60 Å². The van der Waals surface area contributed by atoms with Crippen LogP contribution >= 0.6 is 0 Å². The lowest BCUT2D eigenvalue weighted by molar-refractivity contribution is -0.131. The molecule has 1 spiro atoms. The molecule has 9 heteroatoms. The van der Waals surface area contributed by atoms with Crippen molar-refractivity contribution in [1.82, 2.24) is 19.4 Å². The zero-order chi connectivity index (χ0) is 23.8. The van der Waals surface area contributed by atoms with E-state index in [4.69, 9.17) is 9.57 Å². The minimum Gasteiger partial charge on any atom is -0.388 e. The predicted octanol–water partition coefficient (Wildman–Crippen LogP) is 2.69. The molecule has 2 aromatic heterocycles. The van der Waals surface area contributed by atoms with Crippen molar-refractivity contribution >= 4 is 23.0 Å². The molecule has 6 rings (SSSR count). The Morgan fingerprint density at radius 3 is 2.60 bits per heavy atom. The number of amides is 2. The van der Waals surface area contributed by atoms with Gasteiger partial charge < -0.3 is 19.4 Å². The summed E-state index contributed by atoms with van der Waals surface area (Å²) in [5.41, 5.74) is 2.52. The van der Waals surface area contributed by atoms with E-state index in [1.54, 1.807) is 16.9 Å². The molecule has 0 bridgehead atoms. The van der Waals surface area contributed by atoms with Crippen molar-refractivity contribution < 1.29 is 19.2 Å². The summed E-state index contributed by atoms with van der Waals surface area (Å²) < 4.78 is 7.61. The number of rotatable bonds is 3. The first-order valence-corrected chi connectivity index (χ1v) is 12.0. The lowest BCUT2D eigenvalue weighted by atomic mass is 9.86. The first kappa shape index (κ1) is 21.8. The maximum absolute atomic E-state index is 13.2. The number of piperidine rings is 1. The Kier molecular flexibility index (Phi) is 5.49. The Labute approximate surface area is 202 Å². The molecule has 3 aromatic rings. The summed E-state index contributed by atoms with van der Waals surface area (Å²) in [5.74, 6) is -0.0987. The van der Waals surface area contributed by atoms with E-state index in [2.05, 4.69) is 10.3 Å². The Balaban J connectivity index is 1.06. The van der Waals surface area contributed by atoms with E-state index in [1.807, 2.05) is 58.3 Å². The number of likely N-dealkylation sites (tertiary alicyclic amines) is 1. The predicted molar refractivity (Wildman–Crippen MR) is 128 cm³/mol. The molecule has 0 radical (unpaired) electrons. The van der Waals surface area contributed by atoms with Crippen molar-refractivity contribution in [2.24, 2.45) is 5.16 Å². The molecule has 3 aliphatic rings. The van der Waals surface area contributed by atoms with Crippen molar-refractivity contribution in [1.29, 1.82) is 0 Å². The van der Waals surface area contributed by atoms with E-state index in [1.165, 1.54) is 0 Å². The monoisotopic (exact) mass is 473 g/mol. The van der Waals surface area contributed by atoms with Crippen molar-refractivity contribution in [3.8, 4) is 0 Å². The quantitative estimate of drug-likeness (QED) is 0.584. The summed E-state index contributed by atoms with van der Waals surface area (Å²) in [7, 11) is 0. The lowest BCUT2D eigenvalue weighted by Gasteiger charge is -2.37. The molecule has 2 fully saturated rings. The van der Waals surface area contributed by atoms with Crippen molar-refractivity contribution in [3.05, 3.63) is 72.1 Å². The third kappa shape index (κ3) is 4.16. The number of oxime groups is 1. The van der Waals surface area contributed by atoms with Gasteiger partial charge in [0.05, 0.1) is 24.2 Å². The fourth-order valence-electron chi connectivity index (χ4n) is 5.15. The Morgan fingerprint density at radius 2 is 1.80 bits per heavy atom. The Morgan fingerprint density at radius 1 is 0.971 bits per heavy atom. The van der Waals surface area contributed by atoms with Crippen LogP contribution in [0, 0.1) is 0 Å². The van der Waals surface area contributed by atoms with Gasteiger partial charge in [-0.05, 0) is 23.8 Å². The highest BCUT2D eigenvalue weighted by Gasteiger charge is 2.45. The molecule has 0 aliphatic carbocycles. The van der Waals surface area contributed by atoms with E-state index in [-0.39, 0.29) is 17.9 Å². The highest BCUT2D eigenvalue weighted by Crippen LogP contribution is 2.36. The number of nitrogens with zero attached hydrogens (tertiary/aromatic N) is 5. The van der Waals surface area contributed by atoms with Gasteiger partial charge in [-0.3, -0.25) is 9.59 Å². The zero-order valence-corrected chi connectivity index (χ0v) is 19.4. The number of benzene rings is 1. The summed E-state index contributed by atoms with van der Waals surface area (Å²) >= 11 is 0. The van der Waals surface area contributed by atoms with Crippen LogP contribution in [0.25, 0.3) is 5.52 Å². The second-order valence-corrected chi connectivity index (χ2v) is 9.42. The van der Waals surface area contributed by atoms with Crippen LogP contribution in [0.3, 0.4) is 0 Å². The zero-order valence-electron chi connectivity index (χ0n) is 19.4. The summed E-state index contributed by atoms with van der Waals surface area (Å²) in [6, 6.07) is 15.6. The molecule has 5 heterocycles. The van der Waals surface area contributed by atoms with Gasteiger partial charge in [0.1, 0.15) is 17.4 Å². The minimum absolute atomic E-state index is 0.0131. The lowest BCUT2D eigenvalue weighted by Crippen LogP contribution is -2.48. The molecule has 180 valence electrons. The average Bonchev–Trinajstić information content (AvgIpc) is 3.54. The smallest absolute Gasteiger partial charge is 0.271 e. The third-order valence-electron chi connectivity index (χ3n) is 7.19. The topological polar surface area (TPSA) is 88.7 Å². The van der Waals surface area contributed by atoms with Crippen molar-refractivity contribution in [3.63, 3.8) is 0 Å². The first-order valence-electron chi connectivity index (χ1n) is 12.0. The van der Waals surface area contributed by atoms with Crippen LogP contribution in [0.15, 0.2) is 66.1 Å². The van der Waals surface area contributed by atoms with E-state index in [9.17, 15) is 9.59 Å². The van der Waals surface area contributed by atoms with Crippen LogP contribution in [-0.2, 0) is 14.4 Å². The number of fused-ring (bicyclic) bond motifs is 1. The van der Waals surface area contributed by atoms with E-state index >= 15 is 0 Å². The van der Waals surface area contributed by atoms with Crippen LogP contribution < -0.4 is 0 Å². The van der Waals surface area contributed by atoms with Gasteiger partial charge in [0.2, 0.25) is 0 Å². The fraction of sp³-hybridized carbons (Fsp3) is 0.385.